The van der Waals surface area contributed by atoms with Gasteiger partial charge in [0.2, 0.25) is 0 Å². The fourth-order valence-corrected chi connectivity index (χ4v) is 2.59. The van der Waals surface area contributed by atoms with Crippen LogP contribution in [0.4, 0.5) is 11.5 Å². The summed E-state index contributed by atoms with van der Waals surface area (Å²) in [5.74, 6) is -0.107. The first-order valence-corrected chi connectivity index (χ1v) is 7.63. The lowest BCUT2D eigenvalue weighted by atomic mass is 10.00. The van der Waals surface area contributed by atoms with Crippen LogP contribution in [0.2, 0.25) is 0 Å². The number of anilines is 2. The van der Waals surface area contributed by atoms with Gasteiger partial charge in [-0.25, -0.2) is 4.98 Å². The molecule has 2 amide bonds. The van der Waals surface area contributed by atoms with E-state index < -0.39 is 17.4 Å². The molecule has 1 aromatic carbocycles. The number of fused-ring (bicyclic) bond motifs is 1. The van der Waals surface area contributed by atoms with Gasteiger partial charge in [-0.1, -0.05) is 12.1 Å². The fourth-order valence-electron chi connectivity index (χ4n) is 2.59. The molecule has 0 saturated carbocycles. The number of aryl methyl sites for hydroxylation is 2. The van der Waals surface area contributed by atoms with Gasteiger partial charge in [0.25, 0.3) is 17.4 Å². The van der Waals surface area contributed by atoms with Gasteiger partial charge < -0.3 is 15.0 Å². The van der Waals surface area contributed by atoms with Crippen LogP contribution in [0.15, 0.2) is 36.5 Å². The first-order valence-electron chi connectivity index (χ1n) is 7.63. The average Bonchev–Trinajstić information content (AvgIpc) is 2.56. The van der Waals surface area contributed by atoms with Crippen LogP contribution in [0.5, 0.6) is 5.75 Å². The second-order valence-corrected chi connectivity index (χ2v) is 6.15. The normalized spacial score (nSPS) is 19.5. The number of benzene rings is 1. The van der Waals surface area contributed by atoms with Crippen molar-refractivity contribution in [2.75, 3.05) is 17.3 Å². The molecule has 1 aliphatic rings. The maximum atomic E-state index is 12.7. The Morgan fingerprint density at radius 2 is 1.92 bits per heavy atom. The van der Waals surface area contributed by atoms with Gasteiger partial charge >= 0.3 is 0 Å². The molecule has 3 rings (SSSR count). The molecule has 6 nitrogen and oxygen atoms in total. The van der Waals surface area contributed by atoms with Crippen molar-refractivity contribution in [1.82, 2.24) is 4.98 Å². The fraction of sp³-hybridized carbons (Fsp3) is 0.278. The van der Waals surface area contributed by atoms with Gasteiger partial charge in [-0.3, -0.25) is 9.59 Å². The molecule has 0 radical (unpaired) electrons. The lowest BCUT2D eigenvalue weighted by molar-refractivity contribution is -0.144. The van der Waals surface area contributed by atoms with Crippen LogP contribution in [0.3, 0.4) is 0 Å². The molecular weight excluding hydrogens is 306 g/mol. The summed E-state index contributed by atoms with van der Waals surface area (Å²) in [7, 11) is 1.64. The first-order chi connectivity index (χ1) is 11.3. The summed E-state index contributed by atoms with van der Waals surface area (Å²) in [6.07, 6.45) is 1.64. The summed E-state index contributed by atoms with van der Waals surface area (Å²) in [5, 5.41) is 2.65. The number of hydrogen-bond acceptors (Lipinski definition) is 4. The standard InChI is InChI=1S/C18H19N3O3/c1-11-5-7-14-13(9-11)21(4)17(23)18(3,24-14)16(22)20-15-8-6-12(2)10-19-15/h5-10H,1-4H3,(H,19,20,22). The molecule has 6 heteroatoms. The molecule has 0 aliphatic carbocycles. The number of nitrogens with zero attached hydrogens (tertiary/aromatic N) is 2. The maximum Gasteiger partial charge on any atom is 0.280 e. The van der Waals surface area contributed by atoms with Crippen LogP contribution < -0.4 is 15.0 Å². The summed E-state index contributed by atoms with van der Waals surface area (Å²) >= 11 is 0. The minimum atomic E-state index is -1.65. The van der Waals surface area contributed by atoms with E-state index in [1.54, 1.807) is 25.4 Å². The van der Waals surface area contributed by atoms with Crippen LogP contribution in [0.25, 0.3) is 0 Å². The van der Waals surface area contributed by atoms with Gasteiger partial charge in [0, 0.05) is 13.2 Å². The van der Waals surface area contributed by atoms with E-state index in [0.29, 0.717) is 17.3 Å². The highest BCUT2D eigenvalue weighted by atomic mass is 16.5. The van der Waals surface area contributed by atoms with Gasteiger partial charge in [-0.05, 0) is 50.1 Å². The minimum Gasteiger partial charge on any atom is -0.465 e. The smallest absolute Gasteiger partial charge is 0.280 e. The lowest BCUT2D eigenvalue weighted by Gasteiger charge is -2.37. The number of ether oxygens (including phenoxy) is 1. The van der Waals surface area contributed by atoms with Crippen molar-refractivity contribution >= 4 is 23.3 Å². The highest BCUT2D eigenvalue weighted by molar-refractivity contribution is 6.19. The Morgan fingerprint density at radius 1 is 1.21 bits per heavy atom. The number of amides is 2. The SMILES string of the molecule is Cc1ccc(NC(=O)C2(C)Oc3ccc(C)cc3N(C)C2=O)nc1. The molecule has 1 unspecified atom stereocenters. The summed E-state index contributed by atoms with van der Waals surface area (Å²) in [4.78, 5) is 31.0. The molecule has 24 heavy (non-hydrogen) atoms. The zero-order valence-electron chi connectivity index (χ0n) is 14.1. The number of carbonyl (C=O) groups excluding carboxylic acids is 2. The zero-order valence-corrected chi connectivity index (χ0v) is 14.1. The quantitative estimate of drug-likeness (QED) is 0.861. The Hall–Kier alpha value is -2.89. The average molecular weight is 325 g/mol. The molecule has 2 aromatic rings. The summed E-state index contributed by atoms with van der Waals surface area (Å²) in [5.41, 5.74) is 0.990. The summed E-state index contributed by atoms with van der Waals surface area (Å²) < 4.78 is 5.78. The largest absolute Gasteiger partial charge is 0.465 e. The molecule has 1 atom stereocenters. The van der Waals surface area contributed by atoms with Crippen molar-refractivity contribution in [3.05, 3.63) is 47.7 Å². The molecule has 0 bridgehead atoms. The molecule has 124 valence electrons. The van der Waals surface area contributed by atoms with Crippen LogP contribution in [-0.4, -0.2) is 29.4 Å². The van der Waals surface area contributed by atoms with Gasteiger partial charge in [0.15, 0.2) is 0 Å². The number of rotatable bonds is 2. The van der Waals surface area contributed by atoms with E-state index in [2.05, 4.69) is 10.3 Å². The van der Waals surface area contributed by atoms with Crippen molar-refractivity contribution in [2.24, 2.45) is 0 Å². The third-order valence-electron chi connectivity index (χ3n) is 4.09. The Labute approximate surface area is 140 Å². The highest BCUT2D eigenvalue weighted by Crippen LogP contribution is 2.38. The lowest BCUT2D eigenvalue weighted by Crippen LogP contribution is -2.59. The molecule has 0 fully saturated rings. The van der Waals surface area contributed by atoms with Gasteiger partial charge in [-0.2, -0.15) is 0 Å². The van der Waals surface area contributed by atoms with E-state index in [1.165, 1.54) is 11.8 Å². The Morgan fingerprint density at radius 3 is 2.58 bits per heavy atom. The van der Waals surface area contributed by atoms with Gasteiger partial charge in [0.05, 0.1) is 5.69 Å². The van der Waals surface area contributed by atoms with Crippen LogP contribution in [-0.2, 0) is 9.59 Å². The van der Waals surface area contributed by atoms with E-state index >= 15 is 0 Å². The minimum absolute atomic E-state index is 0.376. The van der Waals surface area contributed by atoms with Crippen molar-refractivity contribution in [3.8, 4) is 5.75 Å². The van der Waals surface area contributed by atoms with Crippen LogP contribution in [0.1, 0.15) is 18.1 Å². The molecule has 0 spiro atoms. The molecule has 1 aromatic heterocycles. The number of nitrogens with one attached hydrogen (secondary N) is 1. The number of aromatic nitrogens is 1. The van der Waals surface area contributed by atoms with E-state index in [9.17, 15) is 9.59 Å². The Balaban J connectivity index is 1.91. The van der Waals surface area contributed by atoms with Gasteiger partial charge in [0.1, 0.15) is 11.6 Å². The molecular formula is C18H19N3O3. The molecule has 1 N–H and O–H groups in total. The van der Waals surface area contributed by atoms with E-state index in [4.69, 9.17) is 4.74 Å². The van der Waals surface area contributed by atoms with Crippen LogP contribution in [0, 0.1) is 13.8 Å². The first kappa shape index (κ1) is 16.0. The predicted molar refractivity (Wildman–Crippen MR) is 91.2 cm³/mol. The van der Waals surface area contributed by atoms with Crippen molar-refractivity contribution in [3.63, 3.8) is 0 Å². The topological polar surface area (TPSA) is 71.5 Å². The zero-order chi connectivity index (χ0) is 17.5. The van der Waals surface area contributed by atoms with E-state index in [-0.39, 0.29) is 0 Å². The van der Waals surface area contributed by atoms with Gasteiger partial charge in [-0.15, -0.1) is 0 Å². The van der Waals surface area contributed by atoms with E-state index in [1.807, 2.05) is 32.0 Å². The number of pyridine rings is 1. The third kappa shape index (κ3) is 2.60. The second kappa shape index (κ2) is 5.63. The number of likely N-dealkylation sites (N-methyl/N-ethyl adjacent to an activating group) is 1. The van der Waals surface area contributed by atoms with Crippen molar-refractivity contribution < 1.29 is 14.3 Å². The summed E-state index contributed by atoms with van der Waals surface area (Å²) in [6, 6.07) is 9.02. The molecule has 1 aliphatic heterocycles. The Kier molecular flexibility index (Phi) is 3.75. The second-order valence-electron chi connectivity index (χ2n) is 6.15. The Bertz CT molecular complexity index is 817. The van der Waals surface area contributed by atoms with Crippen molar-refractivity contribution in [2.45, 2.75) is 26.4 Å². The van der Waals surface area contributed by atoms with Crippen LogP contribution >= 0.6 is 0 Å². The molecule has 2 heterocycles. The number of hydrogen-bond donors (Lipinski definition) is 1. The van der Waals surface area contributed by atoms with E-state index in [0.717, 1.165) is 11.1 Å². The van der Waals surface area contributed by atoms with Crippen molar-refractivity contribution in [1.29, 1.82) is 0 Å². The monoisotopic (exact) mass is 325 g/mol. The summed E-state index contributed by atoms with van der Waals surface area (Å²) in [6.45, 7) is 5.31. The number of carbonyl (C=O) groups is 2. The predicted octanol–water partition coefficient (Wildman–Crippen LogP) is 2.45. The maximum absolute atomic E-state index is 12.7. The third-order valence-corrected chi connectivity index (χ3v) is 4.09. The highest BCUT2D eigenvalue weighted by Gasteiger charge is 2.49. The molecule has 0 saturated heterocycles.